The molecular weight excluding hydrogens is 294 g/mol. The van der Waals surface area contributed by atoms with Gasteiger partial charge in [0, 0.05) is 24.4 Å². The number of aliphatic hydroxyl groups is 1. The maximum absolute atomic E-state index is 11.0. The summed E-state index contributed by atoms with van der Waals surface area (Å²) in [5.74, 6) is 2.46. The van der Waals surface area contributed by atoms with E-state index in [1.165, 1.54) is 0 Å². The van der Waals surface area contributed by atoms with Gasteiger partial charge in [0.2, 0.25) is 11.8 Å². The molecule has 0 aromatic carbocycles. The van der Waals surface area contributed by atoms with Gasteiger partial charge < -0.3 is 14.5 Å². The van der Waals surface area contributed by atoms with Gasteiger partial charge in [-0.15, -0.1) is 0 Å². The molecule has 122 valence electrons. The number of hydrogen-bond donors (Lipinski definition) is 1. The number of aromatic nitrogens is 4. The van der Waals surface area contributed by atoms with Gasteiger partial charge in [-0.1, -0.05) is 5.16 Å². The fraction of sp³-hybridized carbons (Fsp3) is 0.625. The molecule has 0 bridgehead atoms. The molecule has 0 radical (unpaired) electrons. The van der Waals surface area contributed by atoms with Crippen molar-refractivity contribution in [2.45, 2.75) is 50.5 Å². The Bertz CT molecular complexity index is 699. The van der Waals surface area contributed by atoms with E-state index in [0.29, 0.717) is 30.7 Å². The summed E-state index contributed by atoms with van der Waals surface area (Å²) in [7, 11) is 0. The highest BCUT2D eigenvalue weighted by atomic mass is 16.5. The van der Waals surface area contributed by atoms with E-state index in [0.717, 1.165) is 43.7 Å². The third-order valence-electron chi connectivity index (χ3n) is 4.53. The lowest BCUT2D eigenvalue weighted by molar-refractivity contribution is 0.0189. The Morgan fingerprint density at radius 1 is 1.39 bits per heavy atom. The van der Waals surface area contributed by atoms with Crippen LogP contribution < -0.4 is 4.90 Å². The van der Waals surface area contributed by atoms with Crippen LogP contribution in [0.4, 0.5) is 5.95 Å². The van der Waals surface area contributed by atoms with Crippen molar-refractivity contribution in [2.75, 3.05) is 18.0 Å². The van der Waals surface area contributed by atoms with Crippen molar-refractivity contribution in [2.24, 2.45) is 0 Å². The number of aryl methyl sites for hydroxylation is 1. The Balaban J connectivity index is 1.48. The zero-order valence-electron chi connectivity index (χ0n) is 13.3. The van der Waals surface area contributed by atoms with Crippen molar-refractivity contribution >= 4 is 5.95 Å². The molecule has 2 aromatic rings. The molecule has 3 heterocycles. The fourth-order valence-electron chi connectivity index (χ4n) is 3.14. The van der Waals surface area contributed by atoms with E-state index < -0.39 is 5.60 Å². The largest absolute Gasteiger partial charge is 0.388 e. The van der Waals surface area contributed by atoms with Crippen LogP contribution in [0, 0.1) is 6.92 Å². The van der Waals surface area contributed by atoms with Crippen LogP contribution in [0.1, 0.15) is 49.0 Å². The first-order chi connectivity index (χ1) is 11.1. The number of hydrogen-bond acceptors (Lipinski definition) is 7. The normalized spacial score (nSPS) is 24.9. The average Bonchev–Trinajstić information content (AvgIpc) is 3.28. The Labute approximate surface area is 134 Å². The maximum atomic E-state index is 11.0. The zero-order chi connectivity index (χ0) is 15.9. The van der Waals surface area contributed by atoms with Crippen LogP contribution in [0.5, 0.6) is 0 Å². The summed E-state index contributed by atoms with van der Waals surface area (Å²) < 4.78 is 5.32. The van der Waals surface area contributed by atoms with Gasteiger partial charge in [-0.3, -0.25) is 0 Å². The van der Waals surface area contributed by atoms with E-state index in [1.807, 2.05) is 17.9 Å². The molecule has 1 saturated carbocycles. The molecule has 0 spiro atoms. The number of nitrogens with zero attached hydrogens (tertiary/aromatic N) is 5. The number of rotatable bonds is 4. The van der Waals surface area contributed by atoms with E-state index in [9.17, 15) is 5.11 Å². The van der Waals surface area contributed by atoms with Crippen LogP contribution in [0.2, 0.25) is 0 Å². The third kappa shape index (κ3) is 3.19. The number of β-amino-alcohol motifs (C(OH)–C–C–N with tert-alkyl or cyclic N) is 1. The molecule has 1 atom stereocenters. The van der Waals surface area contributed by atoms with Crippen LogP contribution in [0.15, 0.2) is 16.8 Å². The predicted molar refractivity (Wildman–Crippen MR) is 83.1 cm³/mol. The van der Waals surface area contributed by atoms with E-state index in [2.05, 4.69) is 20.1 Å². The summed E-state index contributed by atoms with van der Waals surface area (Å²) in [6.07, 6.45) is 6.03. The molecule has 23 heavy (non-hydrogen) atoms. The van der Waals surface area contributed by atoms with Crippen LogP contribution in [-0.2, 0) is 6.42 Å². The molecular formula is C16H21N5O2. The summed E-state index contributed by atoms with van der Waals surface area (Å²) in [5, 5.41) is 15.0. The molecule has 7 nitrogen and oxygen atoms in total. The van der Waals surface area contributed by atoms with Crippen molar-refractivity contribution < 1.29 is 9.63 Å². The monoisotopic (exact) mass is 315 g/mol. The van der Waals surface area contributed by atoms with Crippen LogP contribution in [-0.4, -0.2) is 43.9 Å². The highest BCUT2D eigenvalue weighted by Crippen LogP contribution is 2.38. The maximum Gasteiger partial charge on any atom is 0.229 e. The minimum atomic E-state index is -0.876. The predicted octanol–water partition coefficient (Wildman–Crippen LogP) is 1.62. The lowest BCUT2D eigenvalue weighted by Crippen LogP contribution is -2.50. The first-order valence-corrected chi connectivity index (χ1v) is 8.21. The molecule has 2 aromatic heterocycles. The summed E-state index contributed by atoms with van der Waals surface area (Å²) in [6, 6.07) is 1.87. The molecule has 1 unspecified atom stereocenters. The van der Waals surface area contributed by atoms with Gasteiger partial charge in [0.15, 0.2) is 5.82 Å². The summed E-state index contributed by atoms with van der Waals surface area (Å²) in [5.41, 5.74) is 0.0497. The Morgan fingerprint density at radius 2 is 2.26 bits per heavy atom. The first-order valence-electron chi connectivity index (χ1n) is 8.21. The number of anilines is 1. The molecule has 7 heteroatoms. The second-order valence-electron chi connectivity index (χ2n) is 6.74. The summed E-state index contributed by atoms with van der Waals surface area (Å²) >= 11 is 0. The van der Waals surface area contributed by atoms with Crippen molar-refractivity contribution in [1.29, 1.82) is 0 Å². The highest BCUT2D eigenvalue weighted by Gasteiger charge is 2.37. The molecule has 0 amide bonds. The van der Waals surface area contributed by atoms with E-state index >= 15 is 0 Å². The van der Waals surface area contributed by atoms with Crippen molar-refractivity contribution in [1.82, 2.24) is 20.1 Å². The van der Waals surface area contributed by atoms with Crippen molar-refractivity contribution in [3.05, 3.63) is 29.7 Å². The molecule has 1 aliphatic carbocycles. The molecule has 1 saturated heterocycles. The SMILES string of the molecule is Cc1ccnc(N2CCCC(O)(Cc3nc(C4CC4)no3)C2)n1. The summed E-state index contributed by atoms with van der Waals surface area (Å²) in [4.78, 5) is 15.3. The van der Waals surface area contributed by atoms with E-state index in [4.69, 9.17) is 4.52 Å². The fourth-order valence-corrected chi connectivity index (χ4v) is 3.14. The van der Waals surface area contributed by atoms with Gasteiger partial charge in [-0.25, -0.2) is 9.97 Å². The van der Waals surface area contributed by atoms with Gasteiger partial charge in [0.05, 0.1) is 18.6 Å². The average molecular weight is 315 g/mol. The van der Waals surface area contributed by atoms with Gasteiger partial charge >= 0.3 is 0 Å². The Hall–Kier alpha value is -2.02. The summed E-state index contributed by atoms with van der Waals surface area (Å²) in [6.45, 7) is 3.28. The van der Waals surface area contributed by atoms with Crippen molar-refractivity contribution in [3.8, 4) is 0 Å². The second kappa shape index (κ2) is 5.56. The third-order valence-corrected chi connectivity index (χ3v) is 4.53. The van der Waals surface area contributed by atoms with E-state index in [-0.39, 0.29) is 0 Å². The second-order valence-corrected chi connectivity index (χ2v) is 6.74. The Kier molecular flexibility index (Phi) is 3.52. The standard InChI is InChI=1S/C16H21N5O2/c1-11-5-7-17-15(18-11)21-8-2-6-16(22,10-21)9-13-19-14(20-23-13)12-3-4-12/h5,7,12,22H,2-4,6,8-10H2,1H3. The Morgan fingerprint density at radius 3 is 3.04 bits per heavy atom. The first kappa shape index (κ1) is 14.6. The molecule has 1 aliphatic heterocycles. The highest BCUT2D eigenvalue weighted by molar-refractivity contribution is 5.32. The van der Waals surface area contributed by atoms with Crippen LogP contribution in [0.25, 0.3) is 0 Å². The van der Waals surface area contributed by atoms with E-state index in [1.54, 1.807) is 6.20 Å². The minimum Gasteiger partial charge on any atom is -0.388 e. The van der Waals surface area contributed by atoms with Gasteiger partial charge in [0.25, 0.3) is 0 Å². The minimum absolute atomic E-state index is 0.384. The molecule has 1 N–H and O–H groups in total. The molecule has 2 fully saturated rings. The molecule has 4 rings (SSSR count). The van der Waals surface area contributed by atoms with Crippen LogP contribution in [0.3, 0.4) is 0 Å². The smallest absolute Gasteiger partial charge is 0.229 e. The zero-order valence-corrected chi connectivity index (χ0v) is 13.3. The van der Waals surface area contributed by atoms with Gasteiger partial charge in [0.1, 0.15) is 0 Å². The van der Waals surface area contributed by atoms with Crippen molar-refractivity contribution in [3.63, 3.8) is 0 Å². The quantitative estimate of drug-likeness (QED) is 0.917. The van der Waals surface area contributed by atoms with Gasteiger partial charge in [-0.05, 0) is 38.7 Å². The van der Waals surface area contributed by atoms with Crippen LogP contribution >= 0.6 is 0 Å². The topological polar surface area (TPSA) is 88.2 Å². The lowest BCUT2D eigenvalue weighted by atomic mass is 9.89. The lowest BCUT2D eigenvalue weighted by Gasteiger charge is -2.38. The number of piperidine rings is 1. The van der Waals surface area contributed by atoms with Gasteiger partial charge in [-0.2, -0.15) is 4.98 Å². The molecule has 2 aliphatic rings.